The number of guanidine groups is 3. The van der Waals surface area contributed by atoms with E-state index in [-0.39, 0.29) is 34.1 Å². The average Bonchev–Trinajstić information content (AvgIpc) is 1.43. The number of nitrogens with one attached hydrogen (secondary N) is 3. The summed E-state index contributed by atoms with van der Waals surface area (Å²) in [4.78, 5) is 17.3. The number of nitrogens with two attached hydrogens (primary N) is 7. The molecule has 0 spiro atoms. The fourth-order valence-corrected chi connectivity index (χ4v) is 15.4. The molecule has 1 atom stereocenters. The maximum atomic E-state index is 5.44. The number of H-pyrrole nitrogens is 1. The number of aromatic amines is 1. The van der Waals surface area contributed by atoms with Gasteiger partial charge in [0.25, 0.3) is 0 Å². The van der Waals surface area contributed by atoms with E-state index in [1.807, 2.05) is 6.20 Å². The number of hydrogen-bond acceptors (Lipinski definition) is 10. The number of nitrogens with zero attached hydrogens (tertiary/aromatic N) is 7. The summed E-state index contributed by atoms with van der Waals surface area (Å²) in [6, 6.07) is 26.0. The SMILES string of the molecule is CC(C)(C)C1CCC(CCCCN2CCCCC2)CC1.CC(C)(C)C1CCC(CCCCc2cn[nH]n2)CC1.CC(C)(C)C1CCCN(CCCCCN=C(N)N)CC1.CC(C)(C)c1ccc(CN=C(N)N)cc1.CC(C)(C)c1ccc(CNCCCN)cc1.CC(C)(C)c1ccc(CNCCCN=C(N)N)cc1. The lowest BCUT2D eigenvalue weighted by Crippen LogP contribution is -2.30. The number of aromatic nitrogens is 3. The predicted octanol–water partition coefficient (Wildman–Crippen LogP) is 18.4. The minimum absolute atomic E-state index is 0.134. The number of aryl methyl sites for hydroxylation is 1. The van der Waals surface area contributed by atoms with Crippen LogP contribution in [0.2, 0.25) is 0 Å². The Morgan fingerprint density at radius 3 is 1.22 bits per heavy atom. The Morgan fingerprint density at radius 1 is 0.413 bits per heavy atom. The van der Waals surface area contributed by atoms with Crippen molar-refractivity contribution < 1.29 is 0 Å². The second-order valence-electron chi connectivity index (χ2n) is 38.7. The first-order valence-corrected chi connectivity index (χ1v) is 43.2. The van der Waals surface area contributed by atoms with E-state index in [0.29, 0.717) is 29.3 Å². The Balaban J connectivity index is 0.000000340. The van der Waals surface area contributed by atoms with E-state index in [4.69, 9.17) is 40.1 Å². The topological polar surface area (TPSA) is 291 Å². The Hall–Kier alpha value is -5.59. The molecule has 0 bridgehead atoms. The lowest BCUT2D eigenvalue weighted by atomic mass is 9.69. The van der Waals surface area contributed by atoms with Crippen molar-refractivity contribution in [3.05, 3.63) is 118 Å². The van der Waals surface area contributed by atoms with E-state index in [0.717, 1.165) is 106 Å². The summed E-state index contributed by atoms with van der Waals surface area (Å²) >= 11 is 0. The maximum Gasteiger partial charge on any atom is 0.186 e. The van der Waals surface area contributed by atoms with Crippen molar-refractivity contribution in [2.45, 2.75) is 327 Å². The molecule has 0 radical (unpaired) electrons. The molecule has 17 nitrogen and oxygen atoms in total. The summed E-state index contributed by atoms with van der Waals surface area (Å²) in [7, 11) is 0. The first kappa shape index (κ1) is 97.6. The zero-order valence-electron chi connectivity index (χ0n) is 73.3. The van der Waals surface area contributed by atoms with Crippen LogP contribution in [0.15, 0.2) is 94.0 Å². The van der Waals surface area contributed by atoms with E-state index >= 15 is 0 Å². The molecule has 622 valence electrons. The van der Waals surface area contributed by atoms with Crippen molar-refractivity contribution in [1.29, 1.82) is 0 Å². The summed E-state index contributed by atoms with van der Waals surface area (Å²) in [6.07, 6.45) is 37.1. The van der Waals surface area contributed by atoms with Gasteiger partial charge in [0.05, 0.1) is 18.4 Å². The molecule has 1 unspecified atom stereocenters. The van der Waals surface area contributed by atoms with Gasteiger partial charge in [-0.1, -0.05) is 262 Å². The highest BCUT2D eigenvalue weighted by molar-refractivity contribution is 5.76. The Bertz CT molecular complexity index is 2970. The largest absolute Gasteiger partial charge is 0.370 e. The third kappa shape index (κ3) is 46.3. The minimum atomic E-state index is 0.134. The molecule has 3 heterocycles. The monoisotopic (exact) mass is 1510 g/mol. The molecule has 109 heavy (non-hydrogen) atoms. The lowest BCUT2D eigenvalue weighted by molar-refractivity contribution is 0.144. The number of rotatable bonds is 29. The zero-order valence-corrected chi connectivity index (χ0v) is 73.3. The minimum Gasteiger partial charge on any atom is -0.370 e. The molecule has 3 aromatic carbocycles. The molecule has 8 rings (SSSR count). The van der Waals surface area contributed by atoms with E-state index in [9.17, 15) is 0 Å². The normalized spacial score (nSPS) is 18.9. The predicted molar refractivity (Wildman–Crippen MR) is 473 cm³/mol. The van der Waals surface area contributed by atoms with E-state index in [2.05, 4.69) is 248 Å². The Kier molecular flexibility index (Phi) is 46.5. The Labute approximate surface area is 668 Å². The average molecular weight is 1510 g/mol. The van der Waals surface area contributed by atoms with Crippen LogP contribution in [0, 0.1) is 45.8 Å². The third-order valence-corrected chi connectivity index (χ3v) is 23.1. The van der Waals surface area contributed by atoms with Gasteiger partial charge in [-0.2, -0.15) is 15.4 Å². The maximum absolute atomic E-state index is 5.44. The summed E-state index contributed by atoms with van der Waals surface area (Å²) in [5.41, 5.74) is 48.2. The van der Waals surface area contributed by atoms with Gasteiger partial charge in [0.2, 0.25) is 0 Å². The molecular formula is C92H169N17. The number of piperidine rings is 1. The standard InChI is InChI=1S/C19H37N.C16H34N4.C16H29N3.C15H26N4.C14H24N2.C12H19N3/c1-19(2,3)18-12-10-17(11-13-18)9-5-8-16-20-14-6-4-7-15-20;1-16(2,3)14-8-7-12-20(13-9-14)11-6-4-5-10-19-15(17)18;1-16(2,3)14-10-8-13(9-11-14)6-4-5-7-15-12-17-19-18-15;1-15(2,3)13-7-5-12(6-8-13)11-18-9-4-10-19-14(16)17;1-14(2,3)13-7-5-12(6-8-13)11-16-10-4-9-15;1-12(2,3)10-6-4-9(5-7-10)8-15-11(13)14/h17-18H,4-16H2,1-3H3;14H,4-13H2,1-3H3,(H4,17,18,19);12-14H,4-11H2,1-3H3,(H,17,18,19);5-8,18H,4,9-11H2,1-3H3,(H4,16,17,19);5-8,16H,4,9-11,15H2,1-3H3;4-7H,8H2,1-3H3,(H4,13,14,15). The molecule has 17 N–H and O–H groups in total. The molecular weight excluding hydrogens is 1340 g/mol. The van der Waals surface area contributed by atoms with E-state index in [1.165, 1.54) is 208 Å². The molecule has 2 aliphatic carbocycles. The molecule has 2 saturated carbocycles. The number of aliphatic imine (C=N–C) groups is 3. The molecule has 0 amide bonds. The van der Waals surface area contributed by atoms with Crippen molar-refractivity contribution in [3.63, 3.8) is 0 Å². The molecule has 2 aliphatic heterocycles. The van der Waals surface area contributed by atoms with Crippen LogP contribution in [0.25, 0.3) is 0 Å². The Morgan fingerprint density at radius 2 is 0.807 bits per heavy atom. The van der Waals surface area contributed by atoms with Gasteiger partial charge in [0.1, 0.15) is 0 Å². The van der Waals surface area contributed by atoms with Gasteiger partial charge in [-0.15, -0.1) is 0 Å². The molecule has 4 aromatic rings. The first-order valence-electron chi connectivity index (χ1n) is 43.2. The molecule has 4 aliphatic rings. The first-order chi connectivity index (χ1) is 51.3. The number of unbranched alkanes of at least 4 members (excludes halogenated alkanes) is 4. The fraction of sp³-hybridized carbons (Fsp3) is 0.750. The second-order valence-corrected chi connectivity index (χ2v) is 38.7. The van der Waals surface area contributed by atoms with Crippen molar-refractivity contribution in [2.75, 3.05) is 72.0 Å². The highest BCUT2D eigenvalue weighted by Crippen LogP contribution is 2.43. The van der Waals surface area contributed by atoms with Crippen LogP contribution >= 0.6 is 0 Å². The van der Waals surface area contributed by atoms with Crippen molar-refractivity contribution in [3.8, 4) is 0 Å². The van der Waals surface area contributed by atoms with Crippen LogP contribution < -0.4 is 50.8 Å². The van der Waals surface area contributed by atoms with Crippen molar-refractivity contribution in [1.82, 2.24) is 35.8 Å². The van der Waals surface area contributed by atoms with Gasteiger partial charge in [0.15, 0.2) is 17.9 Å². The van der Waals surface area contributed by atoms with Gasteiger partial charge in [-0.25, -0.2) is 4.99 Å². The summed E-state index contributed by atoms with van der Waals surface area (Å²) < 4.78 is 0. The van der Waals surface area contributed by atoms with Crippen molar-refractivity contribution >= 4 is 17.9 Å². The highest BCUT2D eigenvalue weighted by Gasteiger charge is 2.31. The van der Waals surface area contributed by atoms with Gasteiger partial charge in [-0.05, 0) is 257 Å². The lowest BCUT2D eigenvalue weighted by Gasteiger charge is -2.37. The smallest absolute Gasteiger partial charge is 0.186 e. The highest BCUT2D eigenvalue weighted by atomic mass is 15.3. The second kappa shape index (κ2) is 51.9. The molecule has 1 aromatic heterocycles. The molecule has 4 fully saturated rings. The third-order valence-electron chi connectivity index (χ3n) is 23.1. The van der Waals surface area contributed by atoms with Crippen LogP contribution in [0.1, 0.15) is 324 Å². The molecule has 2 saturated heterocycles. The summed E-state index contributed by atoms with van der Waals surface area (Å²) in [5.74, 6) is 5.35. The van der Waals surface area contributed by atoms with Crippen LogP contribution in [0.4, 0.5) is 0 Å². The quantitative estimate of drug-likeness (QED) is 0.0138. The summed E-state index contributed by atoms with van der Waals surface area (Å²) in [6.45, 7) is 56.0. The van der Waals surface area contributed by atoms with E-state index < -0.39 is 0 Å². The fourth-order valence-electron chi connectivity index (χ4n) is 15.4. The van der Waals surface area contributed by atoms with Gasteiger partial charge in [-0.3, -0.25) is 9.98 Å². The van der Waals surface area contributed by atoms with E-state index in [1.54, 1.807) is 0 Å². The molecule has 17 heteroatoms. The van der Waals surface area contributed by atoms with Crippen LogP contribution in [0.3, 0.4) is 0 Å². The van der Waals surface area contributed by atoms with Crippen LogP contribution in [-0.4, -0.2) is 115 Å². The van der Waals surface area contributed by atoms with Gasteiger partial charge >= 0.3 is 0 Å². The van der Waals surface area contributed by atoms with Gasteiger partial charge in [0, 0.05) is 26.2 Å². The number of likely N-dealkylation sites (tertiary alicyclic amines) is 2. The van der Waals surface area contributed by atoms with Crippen LogP contribution in [0.5, 0.6) is 0 Å². The zero-order chi connectivity index (χ0) is 80.9. The number of hydrogen-bond donors (Lipinski definition) is 10. The number of benzene rings is 3. The van der Waals surface area contributed by atoms with Crippen molar-refractivity contribution in [2.24, 2.45) is 101 Å². The summed E-state index contributed by atoms with van der Waals surface area (Å²) in [5, 5.41) is 17.4. The van der Waals surface area contributed by atoms with Crippen LogP contribution in [-0.2, 0) is 42.3 Å². The van der Waals surface area contributed by atoms with Gasteiger partial charge < -0.3 is 60.6 Å².